The molecule has 2 fully saturated rings. The molecule has 3 atom stereocenters. The van der Waals surface area contributed by atoms with Crippen molar-refractivity contribution in [1.82, 2.24) is 4.90 Å². The second kappa shape index (κ2) is 6.63. The lowest BCUT2D eigenvalue weighted by atomic mass is 10.2. The Morgan fingerprint density at radius 1 is 1.37 bits per heavy atom. The lowest BCUT2D eigenvalue weighted by molar-refractivity contribution is -0.160. The zero-order chi connectivity index (χ0) is 19.2. The van der Waals surface area contributed by atoms with E-state index in [1.165, 1.54) is 6.92 Å². The molecule has 0 spiro atoms. The van der Waals surface area contributed by atoms with Crippen LogP contribution >= 0.6 is 11.8 Å². The molecule has 3 heterocycles. The fourth-order valence-corrected chi connectivity index (χ4v) is 4.94. The highest BCUT2D eigenvalue weighted by molar-refractivity contribution is 8.01. The van der Waals surface area contributed by atoms with Crippen LogP contribution in [0.5, 0.6) is 11.5 Å². The fraction of sp³-hybridized carbons (Fsp3) is 0.500. The molecule has 0 saturated carbocycles. The summed E-state index contributed by atoms with van der Waals surface area (Å²) in [5.41, 5.74) is 0.519. The number of amides is 2. The van der Waals surface area contributed by atoms with Crippen molar-refractivity contribution in [3.05, 3.63) is 18.2 Å². The molecular weight excluding hydrogens is 372 g/mol. The summed E-state index contributed by atoms with van der Waals surface area (Å²) in [6.07, 6.45) is 0.172. The summed E-state index contributed by atoms with van der Waals surface area (Å²) in [5.74, 6) is 0.606. The SMILES string of the molecule is C[C@H](OC(=O)[C@@H]1CS[C@@]2(C)CCC(=O)N12)C(=O)Nc1ccc2c(c1)OCO2. The first kappa shape index (κ1) is 18.0. The third-order valence-electron chi connectivity index (χ3n) is 5.02. The predicted octanol–water partition coefficient (Wildman–Crippen LogP) is 1.74. The number of anilines is 1. The van der Waals surface area contributed by atoms with E-state index in [-0.39, 0.29) is 17.6 Å². The van der Waals surface area contributed by atoms with Gasteiger partial charge in [-0.15, -0.1) is 11.8 Å². The maximum atomic E-state index is 12.6. The molecular formula is C18H20N2O6S. The van der Waals surface area contributed by atoms with Gasteiger partial charge in [-0.1, -0.05) is 0 Å². The molecule has 27 heavy (non-hydrogen) atoms. The summed E-state index contributed by atoms with van der Waals surface area (Å²) < 4.78 is 15.9. The van der Waals surface area contributed by atoms with Gasteiger partial charge in [-0.05, 0) is 32.4 Å². The first-order valence-corrected chi connectivity index (χ1v) is 9.73. The van der Waals surface area contributed by atoms with Gasteiger partial charge in [0.15, 0.2) is 17.6 Å². The first-order chi connectivity index (χ1) is 12.9. The first-order valence-electron chi connectivity index (χ1n) is 8.74. The van der Waals surface area contributed by atoms with Gasteiger partial charge < -0.3 is 24.4 Å². The highest BCUT2D eigenvalue weighted by atomic mass is 32.2. The van der Waals surface area contributed by atoms with Crippen LogP contribution in [0.25, 0.3) is 0 Å². The lowest BCUT2D eigenvalue weighted by Gasteiger charge is -2.29. The van der Waals surface area contributed by atoms with Crippen LogP contribution in [0.2, 0.25) is 0 Å². The highest BCUT2D eigenvalue weighted by Crippen LogP contribution is 2.47. The van der Waals surface area contributed by atoms with Gasteiger partial charge in [-0.25, -0.2) is 4.79 Å². The summed E-state index contributed by atoms with van der Waals surface area (Å²) in [7, 11) is 0. The molecule has 0 aliphatic carbocycles. The van der Waals surface area contributed by atoms with E-state index in [1.54, 1.807) is 34.9 Å². The molecule has 3 aliphatic heterocycles. The third-order valence-corrected chi connectivity index (χ3v) is 6.52. The third kappa shape index (κ3) is 3.20. The van der Waals surface area contributed by atoms with Crippen molar-refractivity contribution in [2.45, 2.75) is 43.7 Å². The number of rotatable bonds is 4. The van der Waals surface area contributed by atoms with Gasteiger partial charge >= 0.3 is 5.97 Å². The van der Waals surface area contributed by atoms with Crippen molar-refractivity contribution in [3.63, 3.8) is 0 Å². The molecule has 8 nitrogen and oxygen atoms in total. The zero-order valence-electron chi connectivity index (χ0n) is 15.0. The minimum atomic E-state index is -0.988. The van der Waals surface area contributed by atoms with E-state index in [2.05, 4.69) is 5.32 Å². The number of hydrogen-bond acceptors (Lipinski definition) is 7. The summed E-state index contributed by atoms with van der Waals surface area (Å²) in [6.45, 7) is 3.62. The number of benzene rings is 1. The molecule has 9 heteroatoms. The molecule has 0 radical (unpaired) electrons. The molecule has 0 unspecified atom stereocenters. The maximum absolute atomic E-state index is 12.6. The molecule has 0 aromatic heterocycles. The van der Waals surface area contributed by atoms with E-state index >= 15 is 0 Å². The van der Waals surface area contributed by atoms with Crippen molar-refractivity contribution in [2.75, 3.05) is 17.9 Å². The Hall–Kier alpha value is -2.42. The van der Waals surface area contributed by atoms with E-state index in [9.17, 15) is 14.4 Å². The van der Waals surface area contributed by atoms with E-state index in [1.807, 2.05) is 6.92 Å². The largest absolute Gasteiger partial charge is 0.454 e. The monoisotopic (exact) mass is 392 g/mol. The quantitative estimate of drug-likeness (QED) is 0.780. The zero-order valence-corrected chi connectivity index (χ0v) is 15.8. The molecule has 2 saturated heterocycles. The van der Waals surface area contributed by atoms with E-state index in [0.29, 0.717) is 29.4 Å². The van der Waals surface area contributed by atoms with Gasteiger partial charge in [0.25, 0.3) is 5.91 Å². The van der Waals surface area contributed by atoms with Crippen molar-refractivity contribution in [2.24, 2.45) is 0 Å². The number of nitrogens with zero attached hydrogens (tertiary/aromatic N) is 1. The van der Waals surface area contributed by atoms with Crippen molar-refractivity contribution in [3.8, 4) is 11.5 Å². The van der Waals surface area contributed by atoms with E-state index in [0.717, 1.165) is 6.42 Å². The summed E-state index contributed by atoms with van der Waals surface area (Å²) in [5, 5.41) is 2.69. The van der Waals surface area contributed by atoms with E-state index < -0.39 is 24.0 Å². The average molecular weight is 392 g/mol. The number of carbonyl (C=O) groups is 3. The predicted molar refractivity (Wildman–Crippen MR) is 97.5 cm³/mol. The normalized spacial score (nSPS) is 26.7. The number of thioether (sulfide) groups is 1. The Balaban J connectivity index is 1.37. The van der Waals surface area contributed by atoms with Crippen LogP contribution in [-0.2, 0) is 19.1 Å². The van der Waals surface area contributed by atoms with Gasteiger partial charge in [-0.3, -0.25) is 9.59 Å². The number of ether oxygens (including phenoxy) is 3. The van der Waals surface area contributed by atoms with Crippen LogP contribution in [0.1, 0.15) is 26.7 Å². The molecule has 1 aromatic rings. The topological polar surface area (TPSA) is 94.2 Å². The number of carbonyl (C=O) groups excluding carboxylic acids is 3. The Morgan fingerprint density at radius 2 is 2.15 bits per heavy atom. The van der Waals surface area contributed by atoms with Crippen LogP contribution in [0, 0.1) is 0 Å². The van der Waals surface area contributed by atoms with Crippen molar-refractivity contribution < 1.29 is 28.6 Å². The second-order valence-electron chi connectivity index (χ2n) is 6.90. The number of nitrogens with one attached hydrogen (secondary N) is 1. The second-order valence-corrected chi connectivity index (χ2v) is 8.40. The Labute approximate surface area is 160 Å². The van der Waals surface area contributed by atoms with Crippen LogP contribution in [-0.4, -0.2) is 52.2 Å². The molecule has 1 N–H and O–H groups in total. The minimum absolute atomic E-state index is 0.0399. The van der Waals surface area contributed by atoms with Crippen molar-refractivity contribution >= 4 is 35.2 Å². The lowest BCUT2D eigenvalue weighted by Crippen LogP contribution is -2.48. The Morgan fingerprint density at radius 3 is 2.96 bits per heavy atom. The highest BCUT2D eigenvalue weighted by Gasteiger charge is 2.53. The number of hydrogen-bond donors (Lipinski definition) is 1. The molecule has 4 rings (SSSR count). The summed E-state index contributed by atoms with van der Waals surface area (Å²) in [4.78, 5) is 38.3. The van der Waals surface area contributed by atoms with Crippen LogP contribution in [0.15, 0.2) is 18.2 Å². The molecule has 144 valence electrons. The van der Waals surface area contributed by atoms with E-state index in [4.69, 9.17) is 14.2 Å². The Kier molecular flexibility index (Phi) is 4.41. The standard InChI is InChI=1S/C18H20N2O6S/c1-10(16(22)19-11-3-4-13-14(7-11)25-9-24-13)26-17(23)12-8-27-18(2)6-5-15(21)20(12)18/h3-4,7,10,12H,5-6,8-9H2,1-2H3,(H,19,22)/t10-,12-,18-/m0/s1. The number of fused-ring (bicyclic) bond motifs is 2. The molecule has 2 amide bonds. The summed E-state index contributed by atoms with van der Waals surface area (Å²) >= 11 is 1.58. The molecule has 3 aliphatic rings. The minimum Gasteiger partial charge on any atom is -0.454 e. The smallest absolute Gasteiger partial charge is 0.330 e. The van der Waals surface area contributed by atoms with Crippen molar-refractivity contribution in [1.29, 1.82) is 0 Å². The van der Waals surface area contributed by atoms with Gasteiger partial charge in [-0.2, -0.15) is 0 Å². The van der Waals surface area contributed by atoms with Crippen LogP contribution in [0.4, 0.5) is 5.69 Å². The van der Waals surface area contributed by atoms with Gasteiger partial charge in [0.05, 0.1) is 4.87 Å². The fourth-order valence-electron chi connectivity index (χ4n) is 3.52. The average Bonchev–Trinajstić information content (AvgIpc) is 3.30. The molecule has 0 bridgehead atoms. The van der Waals surface area contributed by atoms with Gasteiger partial charge in [0, 0.05) is 23.9 Å². The number of esters is 1. The maximum Gasteiger partial charge on any atom is 0.330 e. The van der Waals surface area contributed by atoms with Gasteiger partial charge in [0.1, 0.15) is 6.04 Å². The van der Waals surface area contributed by atoms with Crippen LogP contribution < -0.4 is 14.8 Å². The summed E-state index contributed by atoms with van der Waals surface area (Å²) in [6, 6.07) is 4.39. The van der Waals surface area contributed by atoms with Crippen LogP contribution in [0.3, 0.4) is 0 Å². The van der Waals surface area contributed by atoms with Gasteiger partial charge in [0.2, 0.25) is 12.7 Å². The molecule has 1 aromatic carbocycles. The Bertz CT molecular complexity index is 815.